The van der Waals surface area contributed by atoms with E-state index in [0.717, 1.165) is 35.6 Å². The Balaban J connectivity index is 1.63. The van der Waals surface area contributed by atoms with Crippen LogP contribution >= 0.6 is 0 Å². The Morgan fingerprint density at radius 2 is 1.89 bits per heavy atom. The maximum absolute atomic E-state index is 5.97. The van der Waals surface area contributed by atoms with E-state index in [1.807, 2.05) is 48.5 Å². The minimum atomic E-state index is 0.364. The van der Waals surface area contributed by atoms with Crippen molar-refractivity contribution in [3.05, 3.63) is 54.1 Å². The van der Waals surface area contributed by atoms with Gasteiger partial charge in [-0.15, -0.1) is 5.10 Å². The molecule has 142 valence electrons. The van der Waals surface area contributed by atoms with Crippen LogP contribution in [0.3, 0.4) is 0 Å². The molecular weight excluding hydrogens is 342 g/mol. The Morgan fingerprint density at radius 3 is 2.67 bits per heavy atom. The second kappa shape index (κ2) is 9.05. The molecule has 1 aromatic heterocycles. The highest BCUT2D eigenvalue weighted by atomic mass is 16.5. The van der Waals surface area contributed by atoms with Gasteiger partial charge in [0.15, 0.2) is 5.82 Å². The number of hydrogen-bond acceptors (Lipinski definition) is 6. The first kappa shape index (κ1) is 18.7. The van der Waals surface area contributed by atoms with E-state index in [-0.39, 0.29) is 0 Å². The number of nitrogens with zero attached hydrogens (tertiary/aromatic N) is 3. The van der Waals surface area contributed by atoms with Crippen molar-refractivity contribution in [2.75, 3.05) is 33.0 Å². The van der Waals surface area contributed by atoms with Crippen molar-refractivity contribution >= 4 is 5.82 Å². The van der Waals surface area contributed by atoms with Crippen LogP contribution in [0.2, 0.25) is 0 Å². The maximum Gasteiger partial charge on any atom is 0.173 e. The van der Waals surface area contributed by atoms with Crippen LogP contribution in [0, 0.1) is 0 Å². The molecule has 0 spiro atoms. The third-order valence-corrected chi connectivity index (χ3v) is 4.06. The summed E-state index contributed by atoms with van der Waals surface area (Å²) >= 11 is 0. The molecule has 7 heteroatoms. The fourth-order valence-electron chi connectivity index (χ4n) is 2.67. The van der Waals surface area contributed by atoms with Gasteiger partial charge in [-0.1, -0.05) is 30.3 Å². The fraction of sp³-hybridized carbons (Fsp3) is 0.300. The number of nitrogens with one attached hydrogen (secondary N) is 1. The van der Waals surface area contributed by atoms with Gasteiger partial charge in [0.1, 0.15) is 23.8 Å². The zero-order valence-electron chi connectivity index (χ0n) is 15.7. The standard InChI is InChI=1S/C20H25N5O2/c1-25(2)11-6-12-26-18-10-4-3-7-16(18)14-27-17-9-5-8-15(13-17)19-20(21)23-24-22-19/h3-5,7-10,13H,6,11-12,14H2,1-2H3,(H3,21,22,23,24). The van der Waals surface area contributed by atoms with Crippen LogP contribution in [0.5, 0.6) is 11.5 Å². The zero-order valence-corrected chi connectivity index (χ0v) is 15.7. The van der Waals surface area contributed by atoms with Crippen LogP contribution < -0.4 is 15.2 Å². The lowest BCUT2D eigenvalue weighted by molar-refractivity contribution is 0.263. The van der Waals surface area contributed by atoms with E-state index in [1.54, 1.807) is 0 Å². The molecule has 0 aliphatic carbocycles. The summed E-state index contributed by atoms with van der Waals surface area (Å²) in [5.74, 6) is 1.95. The quantitative estimate of drug-likeness (QED) is 0.565. The Morgan fingerprint density at radius 1 is 1.04 bits per heavy atom. The van der Waals surface area contributed by atoms with Gasteiger partial charge in [-0.2, -0.15) is 10.3 Å². The third kappa shape index (κ3) is 5.21. The zero-order chi connectivity index (χ0) is 19.1. The Bertz CT molecular complexity index is 863. The van der Waals surface area contributed by atoms with E-state index in [0.29, 0.717) is 24.7 Å². The summed E-state index contributed by atoms with van der Waals surface area (Å²) in [5, 5.41) is 10.5. The van der Waals surface area contributed by atoms with Crippen molar-refractivity contribution in [3.63, 3.8) is 0 Å². The second-order valence-corrected chi connectivity index (χ2v) is 6.49. The van der Waals surface area contributed by atoms with Gasteiger partial charge in [-0.25, -0.2) is 0 Å². The van der Waals surface area contributed by atoms with Crippen LogP contribution in [0.4, 0.5) is 5.82 Å². The van der Waals surface area contributed by atoms with Crippen LogP contribution in [0.15, 0.2) is 48.5 Å². The van der Waals surface area contributed by atoms with Crippen molar-refractivity contribution in [1.82, 2.24) is 20.3 Å². The second-order valence-electron chi connectivity index (χ2n) is 6.49. The molecule has 0 atom stereocenters. The van der Waals surface area contributed by atoms with Gasteiger partial charge in [0.05, 0.1) is 6.61 Å². The van der Waals surface area contributed by atoms with E-state index in [9.17, 15) is 0 Å². The minimum Gasteiger partial charge on any atom is -0.493 e. The van der Waals surface area contributed by atoms with Crippen LogP contribution in [-0.2, 0) is 6.61 Å². The van der Waals surface area contributed by atoms with Crippen molar-refractivity contribution < 1.29 is 9.47 Å². The normalized spacial score (nSPS) is 10.9. The molecule has 0 aliphatic rings. The summed E-state index contributed by atoms with van der Waals surface area (Å²) in [7, 11) is 4.12. The van der Waals surface area contributed by atoms with Gasteiger partial charge in [0, 0.05) is 17.7 Å². The van der Waals surface area contributed by atoms with Crippen molar-refractivity contribution in [1.29, 1.82) is 0 Å². The van der Waals surface area contributed by atoms with E-state index in [4.69, 9.17) is 15.2 Å². The largest absolute Gasteiger partial charge is 0.493 e. The third-order valence-electron chi connectivity index (χ3n) is 4.06. The molecule has 0 radical (unpaired) electrons. The molecule has 0 aliphatic heterocycles. The number of H-pyrrole nitrogens is 1. The Labute approximate surface area is 159 Å². The number of aromatic amines is 1. The molecule has 0 bridgehead atoms. The van der Waals surface area contributed by atoms with E-state index in [2.05, 4.69) is 34.4 Å². The van der Waals surface area contributed by atoms with Gasteiger partial charge >= 0.3 is 0 Å². The number of aromatic nitrogens is 3. The molecule has 3 rings (SSSR count). The summed E-state index contributed by atoms with van der Waals surface area (Å²) in [6, 6.07) is 15.6. The summed E-state index contributed by atoms with van der Waals surface area (Å²) in [4.78, 5) is 2.15. The summed E-state index contributed by atoms with van der Waals surface area (Å²) < 4.78 is 11.9. The van der Waals surface area contributed by atoms with E-state index >= 15 is 0 Å². The monoisotopic (exact) mass is 367 g/mol. The topological polar surface area (TPSA) is 89.3 Å². The van der Waals surface area contributed by atoms with Gasteiger partial charge in [-0.05, 0) is 38.7 Å². The number of nitrogens with two attached hydrogens (primary N) is 1. The number of nitrogen functional groups attached to an aromatic ring is 1. The molecular formula is C20H25N5O2. The number of hydrogen-bond donors (Lipinski definition) is 2. The van der Waals surface area contributed by atoms with Gasteiger partial charge in [0.25, 0.3) is 0 Å². The molecule has 3 aromatic rings. The first-order valence-corrected chi connectivity index (χ1v) is 8.88. The van der Waals surface area contributed by atoms with Gasteiger partial charge in [0.2, 0.25) is 0 Å². The number of ether oxygens (including phenoxy) is 2. The molecule has 0 saturated heterocycles. The molecule has 1 heterocycles. The smallest absolute Gasteiger partial charge is 0.173 e. The molecule has 7 nitrogen and oxygen atoms in total. The molecule has 0 saturated carbocycles. The Hall–Kier alpha value is -3.06. The molecule has 2 aromatic carbocycles. The van der Waals surface area contributed by atoms with Crippen LogP contribution in [-0.4, -0.2) is 47.6 Å². The molecule has 27 heavy (non-hydrogen) atoms. The van der Waals surface area contributed by atoms with E-state index in [1.165, 1.54) is 0 Å². The summed E-state index contributed by atoms with van der Waals surface area (Å²) in [6.07, 6.45) is 0.976. The highest BCUT2D eigenvalue weighted by molar-refractivity contribution is 5.70. The lowest BCUT2D eigenvalue weighted by Crippen LogP contribution is -2.15. The van der Waals surface area contributed by atoms with Crippen molar-refractivity contribution in [2.45, 2.75) is 13.0 Å². The van der Waals surface area contributed by atoms with Gasteiger partial charge < -0.3 is 20.1 Å². The predicted octanol–water partition coefficient (Wildman–Crippen LogP) is 2.96. The molecule has 0 unspecified atom stereocenters. The fourth-order valence-corrected chi connectivity index (χ4v) is 2.67. The first-order chi connectivity index (χ1) is 13.1. The van der Waals surface area contributed by atoms with Crippen LogP contribution in [0.25, 0.3) is 11.3 Å². The average Bonchev–Trinajstić information content (AvgIpc) is 3.10. The number of rotatable bonds is 9. The van der Waals surface area contributed by atoms with Crippen molar-refractivity contribution in [2.24, 2.45) is 0 Å². The highest BCUT2D eigenvalue weighted by Crippen LogP contribution is 2.26. The number of benzene rings is 2. The minimum absolute atomic E-state index is 0.364. The molecule has 0 fully saturated rings. The van der Waals surface area contributed by atoms with Crippen LogP contribution in [0.1, 0.15) is 12.0 Å². The lowest BCUT2D eigenvalue weighted by atomic mass is 10.1. The van der Waals surface area contributed by atoms with E-state index < -0.39 is 0 Å². The summed E-state index contributed by atoms with van der Waals surface area (Å²) in [6.45, 7) is 2.09. The highest BCUT2D eigenvalue weighted by Gasteiger charge is 2.09. The Kier molecular flexibility index (Phi) is 6.27. The average molecular weight is 367 g/mol. The summed E-state index contributed by atoms with van der Waals surface area (Å²) in [5.41, 5.74) is 8.30. The maximum atomic E-state index is 5.97. The number of anilines is 1. The SMILES string of the molecule is CN(C)CCCOc1ccccc1COc1cccc(-c2n[nH]nc2N)c1. The number of para-hydroxylation sites is 1. The van der Waals surface area contributed by atoms with Gasteiger partial charge in [-0.3, -0.25) is 0 Å². The van der Waals surface area contributed by atoms with Crippen molar-refractivity contribution in [3.8, 4) is 22.8 Å². The molecule has 3 N–H and O–H groups in total. The first-order valence-electron chi connectivity index (χ1n) is 8.88. The molecule has 0 amide bonds. The predicted molar refractivity (Wildman–Crippen MR) is 106 cm³/mol. The lowest BCUT2D eigenvalue weighted by Gasteiger charge is -2.14.